The van der Waals surface area contributed by atoms with Crippen LogP contribution < -0.4 is 15.0 Å². The molecule has 0 atom stereocenters. The molecule has 0 radical (unpaired) electrons. The molecule has 1 heterocycles. The smallest absolute Gasteiger partial charge is 0.343 e. The van der Waals surface area contributed by atoms with E-state index >= 15 is 0 Å². The van der Waals surface area contributed by atoms with Crippen LogP contribution in [0, 0.1) is 10.1 Å². The van der Waals surface area contributed by atoms with Gasteiger partial charge in [0.25, 0.3) is 11.2 Å². The van der Waals surface area contributed by atoms with Gasteiger partial charge < -0.3 is 9.47 Å². The SMILES string of the molecule is COc1ccc(C(=O)Oc2ccc([N+](=O)[O-])cc2C=Nn2c(-c3ccccc3)nc3ccccc3c2=O)cc1. The van der Waals surface area contributed by atoms with Crippen molar-refractivity contribution in [3.63, 3.8) is 0 Å². The topological polar surface area (TPSA) is 126 Å². The minimum Gasteiger partial charge on any atom is -0.497 e. The zero-order valence-electron chi connectivity index (χ0n) is 20.6. The summed E-state index contributed by atoms with van der Waals surface area (Å²) in [5, 5.41) is 16.2. The lowest BCUT2D eigenvalue weighted by Gasteiger charge is -2.10. The highest BCUT2D eigenvalue weighted by atomic mass is 16.6. The Labute approximate surface area is 221 Å². The van der Waals surface area contributed by atoms with E-state index in [4.69, 9.17) is 9.47 Å². The zero-order valence-corrected chi connectivity index (χ0v) is 20.6. The zero-order chi connectivity index (χ0) is 27.4. The Bertz CT molecular complexity index is 1780. The number of hydrogen-bond acceptors (Lipinski definition) is 8. The Kier molecular flexibility index (Phi) is 6.91. The van der Waals surface area contributed by atoms with E-state index in [9.17, 15) is 19.7 Å². The van der Waals surface area contributed by atoms with Crippen molar-refractivity contribution in [2.24, 2.45) is 5.10 Å². The summed E-state index contributed by atoms with van der Waals surface area (Å²) in [5.74, 6) is 0.181. The fourth-order valence-corrected chi connectivity index (χ4v) is 3.85. The number of non-ortho nitro benzene ring substituents is 1. The number of hydrogen-bond donors (Lipinski definition) is 0. The second-order valence-electron chi connectivity index (χ2n) is 8.28. The van der Waals surface area contributed by atoms with E-state index in [2.05, 4.69) is 10.1 Å². The molecule has 0 aliphatic carbocycles. The molecule has 0 N–H and O–H groups in total. The number of carbonyl (C=O) groups excluding carboxylic acids is 1. The standard InChI is InChI=1S/C29H20N4O6/c1-38-23-14-11-20(12-15-23)29(35)39-26-16-13-22(33(36)37)17-21(26)18-30-32-27(19-7-3-2-4-8-19)31-25-10-6-5-9-24(25)28(32)34/h2-18H,1H3. The molecule has 0 bridgehead atoms. The van der Waals surface area contributed by atoms with Gasteiger partial charge in [0.1, 0.15) is 11.5 Å². The normalized spacial score (nSPS) is 11.0. The lowest BCUT2D eigenvalue weighted by atomic mass is 10.2. The van der Waals surface area contributed by atoms with Gasteiger partial charge in [0.2, 0.25) is 0 Å². The molecule has 0 unspecified atom stereocenters. The fourth-order valence-electron chi connectivity index (χ4n) is 3.85. The summed E-state index contributed by atoms with van der Waals surface area (Å²) in [6, 6.07) is 25.9. The number of ether oxygens (including phenoxy) is 2. The lowest BCUT2D eigenvalue weighted by Crippen LogP contribution is -2.20. The molecule has 5 aromatic rings. The molecule has 5 rings (SSSR count). The molecule has 0 aliphatic rings. The summed E-state index contributed by atoms with van der Waals surface area (Å²) in [6.07, 6.45) is 1.23. The maximum Gasteiger partial charge on any atom is 0.343 e. The summed E-state index contributed by atoms with van der Waals surface area (Å²) < 4.78 is 11.8. The number of nitro groups is 1. The molecule has 0 spiro atoms. The molecular weight excluding hydrogens is 500 g/mol. The highest BCUT2D eigenvalue weighted by molar-refractivity contribution is 5.93. The molecule has 10 heteroatoms. The first-order valence-corrected chi connectivity index (χ1v) is 11.7. The van der Waals surface area contributed by atoms with Gasteiger partial charge in [-0.15, -0.1) is 0 Å². The molecule has 0 saturated carbocycles. The van der Waals surface area contributed by atoms with Gasteiger partial charge in [-0.05, 0) is 42.5 Å². The summed E-state index contributed by atoms with van der Waals surface area (Å²) in [4.78, 5) is 41.7. The van der Waals surface area contributed by atoms with Crippen LogP contribution in [0.2, 0.25) is 0 Å². The van der Waals surface area contributed by atoms with Crippen molar-refractivity contribution in [2.45, 2.75) is 0 Å². The third-order valence-electron chi connectivity index (χ3n) is 5.83. The summed E-state index contributed by atoms with van der Waals surface area (Å²) in [5.41, 5.74) is 0.828. The Morgan fingerprint density at radius 2 is 1.69 bits per heavy atom. The quantitative estimate of drug-likeness (QED) is 0.0963. The molecule has 0 fully saturated rings. The Morgan fingerprint density at radius 3 is 2.41 bits per heavy atom. The molecule has 4 aromatic carbocycles. The van der Waals surface area contributed by atoms with Crippen molar-refractivity contribution in [3.8, 4) is 22.9 Å². The fraction of sp³-hybridized carbons (Fsp3) is 0.0345. The van der Waals surface area contributed by atoms with Crippen LogP contribution >= 0.6 is 0 Å². The Morgan fingerprint density at radius 1 is 0.974 bits per heavy atom. The van der Waals surface area contributed by atoms with Crippen molar-refractivity contribution in [1.29, 1.82) is 0 Å². The van der Waals surface area contributed by atoms with Gasteiger partial charge in [0, 0.05) is 23.3 Å². The third kappa shape index (κ3) is 5.25. The predicted molar refractivity (Wildman–Crippen MR) is 145 cm³/mol. The van der Waals surface area contributed by atoms with Crippen molar-refractivity contribution in [1.82, 2.24) is 9.66 Å². The first-order chi connectivity index (χ1) is 18.9. The average molecular weight is 521 g/mol. The monoisotopic (exact) mass is 520 g/mol. The number of aromatic nitrogens is 2. The number of nitro benzene ring substituents is 1. The number of esters is 1. The number of para-hydroxylation sites is 1. The van der Waals surface area contributed by atoms with Crippen molar-refractivity contribution < 1.29 is 19.2 Å². The lowest BCUT2D eigenvalue weighted by molar-refractivity contribution is -0.384. The van der Waals surface area contributed by atoms with Crippen LogP contribution in [0.1, 0.15) is 15.9 Å². The molecule has 10 nitrogen and oxygen atoms in total. The van der Waals surface area contributed by atoms with Crippen LogP contribution in [0.15, 0.2) is 107 Å². The van der Waals surface area contributed by atoms with Gasteiger partial charge in [0.15, 0.2) is 5.82 Å². The van der Waals surface area contributed by atoms with E-state index in [1.165, 1.54) is 43.7 Å². The van der Waals surface area contributed by atoms with E-state index in [1.54, 1.807) is 48.5 Å². The Hall–Kier alpha value is -5.64. The van der Waals surface area contributed by atoms with Gasteiger partial charge in [-0.1, -0.05) is 42.5 Å². The van der Waals surface area contributed by atoms with Crippen LogP contribution in [0.5, 0.6) is 11.5 Å². The van der Waals surface area contributed by atoms with E-state index < -0.39 is 16.5 Å². The van der Waals surface area contributed by atoms with Crippen LogP contribution in [0.4, 0.5) is 5.69 Å². The van der Waals surface area contributed by atoms with Crippen molar-refractivity contribution in [3.05, 3.63) is 129 Å². The number of carbonyl (C=O) groups is 1. The van der Waals surface area contributed by atoms with E-state index in [-0.39, 0.29) is 28.4 Å². The highest BCUT2D eigenvalue weighted by Gasteiger charge is 2.17. The molecule has 0 saturated heterocycles. The number of benzene rings is 4. The molecule has 39 heavy (non-hydrogen) atoms. The van der Waals surface area contributed by atoms with E-state index in [1.807, 2.05) is 18.2 Å². The molecule has 192 valence electrons. The molecule has 1 aromatic heterocycles. The summed E-state index contributed by atoms with van der Waals surface area (Å²) in [7, 11) is 1.51. The molecule has 0 amide bonds. The second kappa shape index (κ2) is 10.8. The van der Waals surface area contributed by atoms with Crippen LogP contribution in [-0.4, -0.2) is 33.9 Å². The van der Waals surface area contributed by atoms with Gasteiger partial charge in [-0.25, -0.2) is 9.78 Å². The highest BCUT2D eigenvalue weighted by Crippen LogP contribution is 2.25. The predicted octanol–water partition coefficient (Wildman–Crippen LogP) is 5.08. The van der Waals surface area contributed by atoms with Crippen LogP contribution in [-0.2, 0) is 0 Å². The average Bonchev–Trinajstić information content (AvgIpc) is 2.97. The summed E-state index contributed by atoms with van der Waals surface area (Å²) in [6.45, 7) is 0. The summed E-state index contributed by atoms with van der Waals surface area (Å²) >= 11 is 0. The molecule has 0 aliphatic heterocycles. The minimum absolute atomic E-state index is 0.0215. The van der Waals surface area contributed by atoms with Gasteiger partial charge in [-0.3, -0.25) is 14.9 Å². The van der Waals surface area contributed by atoms with Crippen molar-refractivity contribution in [2.75, 3.05) is 7.11 Å². The minimum atomic E-state index is -0.685. The van der Waals surface area contributed by atoms with Gasteiger partial charge >= 0.3 is 5.97 Å². The first-order valence-electron chi connectivity index (χ1n) is 11.7. The number of methoxy groups -OCH3 is 1. The third-order valence-corrected chi connectivity index (χ3v) is 5.83. The number of nitrogens with zero attached hydrogens (tertiary/aromatic N) is 4. The first kappa shape index (κ1) is 25.0. The van der Waals surface area contributed by atoms with Crippen LogP contribution in [0.3, 0.4) is 0 Å². The molecular formula is C29H20N4O6. The second-order valence-corrected chi connectivity index (χ2v) is 8.28. The largest absolute Gasteiger partial charge is 0.497 e. The van der Waals surface area contributed by atoms with E-state index in [0.717, 1.165) is 4.68 Å². The maximum absolute atomic E-state index is 13.4. The van der Waals surface area contributed by atoms with Crippen molar-refractivity contribution >= 4 is 28.8 Å². The Balaban J connectivity index is 1.59. The number of rotatable bonds is 7. The van der Waals surface area contributed by atoms with Crippen LogP contribution in [0.25, 0.3) is 22.3 Å². The number of fused-ring (bicyclic) bond motifs is 1. The van der Waals surface area contributed by atoms with E-state index in [0.29, 0.717) is 22.2 Å². The van der Waals surface area contributed by atoms with Gasteiger partial charge in [0.05, 0.1) is 34.7 Å². The van der Waals surface area contributed by atoms with Gasteiger partial charge in [-0.2, -0.15) is 9.78 Å². The maximum atomic E-state index is 13.4.